The third-order valence-corrected chi connectivity index (χ3v) is 25.0. The predicted octanol–water partition coefficient (Wildman–Crippen LogP) is 10.00. The molecule has 3 aromatic carbocycles. The fraction of sp³-hybridized carbons (Fsp3) is 0.395. The first-order valence-corrected chi connectivity index (χ1v) is 22.6. The van der Waals surface area contributed by atoms with Gasteiger partial charge in [0.2, 0.25) is 0 Å². The molecule has 0 radical (unpaired) electrons. The first-order valence-electron chi connectivity index (χ1n) is 14.8. The topological polar surface area (TPSA) is 0 Å². The van der Waals surface area contributed by atoms with Crippen LogP contribution in [0, 0.1) is 12.8 Å². The van der Waals surface area contributed by atoms with Gasteiger partial charge in [0.25, 0.3) is 0 Å². The number of allylic oxidation sites excluding steroid dienone is 4. The van der Waals surface area contributed by atoms with E-state index in [4.69, 9.17) is 4.21 Å². The van der Waals surface area contributed by atoms with Gasteiger partial charge in [-0.25, -0.2) is 0 Å². The molecule has 0 heterocycles. The summed E-state index contributed by atoms with van der Waals surface area (Å²) in [6.45, 7) is 23.3. The second-order valence-electron chi connectivity index (χ2n) is 15.2. The van der Waals surface area contributed by atoms with Gasteiger partial charge >= 0.3 is 240 Å². The van der Waals surface area contributed by atoms with Crippen molar-refractivity contribution in [3.8, 4) is 11.1 Å². The van der Waals surface area contributed by atoms with Crippen LogP contribution < -0.4 is 6.54 Å². The van der Waals surface area contributed by atoms with Crippen molar-refractivity contribution in [2.75, 3.05) is 0 Å². The molecule has 220 valence electrons. The minimum absolute atomic E-state index is 0. The van der Waals surface area contributed by atoms with Crippen LogP contribution in [0.4, 0.5) is 0 Å². The van der Waals surface area contributed by atoms with Crippen molar-refractivity contribution < 1.29 is 18.3 Å². The molecule has 0 nitrogen and oxygen atoms in total. The van der Waals surface area contributed by atoms with Gasteiger partial charge in [0.15, 0.2) is 0 Å². The van der Waals surface area contributed by atoms with Crippen LogP contribution in [0.1, 0.15) is 90.1 Å². The monoisotopic (exact) mass is 666 g/mol. The zero-order valence-corrected chi connectivity index (χ0v) is 31.2. The molecule has 0 N–H and O–H groups in total. The molecule has 2 aliphatic carbocycles. The van der Waals surface area contributed by atoms with E-state index >= 15 is 0 Å². The molecule has 0 aliphatic heterocycles. The summed E-state index contributed by atoms with van der Waals surface area (Å²) < 4.78 is 12.8. The predicted molar refractivity (Wildman–Crippen MR) is 186 cm³/mol. The average Bonchev–Trinajstić information content (AvgIpc) is 3.33. The Balaban J connectivity index is 0.00000231. The third-order valence-electron chi connectivity index (χ3n) is 9.99. The Morgan fingerprint density at radius 3 is 1.83 bits per heavy atom. The van der Waals surface area contributed by atoms with Gasteiger partial charge in [-0.1, -0.05) is 0 Å². The molecule has 0 spiro atoms. The molecular weight excluding hydrogens is 619 g/mol. The van der Waals surface area contributed by atoms with Crippen molar-refractivity contribution in [1.82, 2.24) is 0 Å². The molecule has 0 bridgehead atoms. The fourth-order valence-corrected chi connectivity index (χ4v) is 22.5. The molecule has 2 aliphatic rings. The summed E-state index contributed by atoms with van der Waals surface area (Å²) in [5, 5.41) is 0. The molecule has 1 unspecified atom stereocenters. The molecular formula is C38H50Cl2Zr. The molecule has 3 heteroatoms. The summed E-state index contributed by atoms with van der Waals surface area (Å²) in [5.41, 5.74) is 13.1. The van der Waals surface area contributed by atoms with E-state index in [1.165, 1.54) is 53.4 Å². The van der Waals surface area contributed by atoms with Crippen LogP contribution in [0.25, 0.3) is 11.1 Å². The van der Waals surface area contributed by atoms with Gasteiger partial charge in [0.1, 0.15) is 0 Å². The van der Waals surface area contributed by atoms with Gasteiger partial charge in [-0.2, -0.15) is 0 Å². The van der Waals surface area contributed by atoms with Gasteiger partial charge in [-0.05, 0) is 0 Å². The van der Waals surface area contributed by atoms with Gasteiger partial charge in [-0.3, -0.25) is 0 Å². The van der Waals surface area contributed by atoms with Crippen molar-refractivity contribution in [3.05, 3.63) is 103 Å². The Labute approximate surface area is 263 Å². The molecule has 3 aromatic rings. The maximum atomic E-state index is 5.53. The number of hydrogen-bond donors (Lipinski definition) is 0. The van der Waals surface area contributed by atoms with Crippen molar-refractivity contribution >= 4 is 35.6 Å². The summed E-state index contributed by atoms with van der Waals surface area (Å²) >= 11 is -4.32. The molecule has 1 atom stereocenters. The Morgan fingerprint density at radius 2 is 1.32 bits per heavy atom. The summed E-state index contributed by atoms with van der Waals surface area (Å²) in [4.78, 5) is 0. The van der Waals surface area contributed by atoms with Crippen LogP contribution in [0.5, 0.6) is 0 Å². The SMILES string of the molecule is Cl.Cl.[CH2]=[Zr]([CH3])([C]1=C(C)C(C)=CC1C)([c]1ccc(C)cc1)[c]1cc(C(C)(C)C)cc2c1Cc1ccc(C(C)(C)C)cc1-2. The van der Waals surface area contributed by atoms with Crippen LogP contribution in [0.15, 0.2) is 75.1 Å². The molecule has 0 fully saturated rings. The zero-order valence-electron chi connectivity index (χ0n) is 27.1. The Morgan fingerprint density at radius 1 is 0.756 bits per heavy atom. The number of rotatable bonds is 3. The van der Waals surface area contributed by atoms with E-state index in [2.05, 4.69) is 135 Å². The van der Waals surface area contributed by atoms with E-state index in [0.29, 0.717) is 5.92 Å². The molecule has 5 rings (SSSR count). The van der Waals surface area contributed by atoms with Crippen LogP contribution in [-0.4, -0.2) is 4.21 Å². The normalized spacial score (nSPS) is 17.0. The maximum absolute atomic E-state index is 5.53. The van der Waals surface area contributed by atoms with E-state index < -0.39 is 18.3 Å². The van der Waals surface area contributed by atoms with Gasteiger partial charge in [-0.15, -0.1) is 24.8 Å². The average molecular weight is 669 g/mol. The molecule has 0 aromatic heterocycles. The van der Waals surface area contributed by atoms with E-state index in [0.717, 1.165) is 6.42 Å². The first kappa shape index (κ1) is 34.0. The Kier molecular flexibility index (Phi) is 9.01. The van der Waals surface area contributed by atoms with Crippen molar-refractivity contribution in [2.24, 2.45) is 5.92 Å². The van der Waals surface area contributed by atoms with Crippen LogP contribution >= 0.6 is 24.8 Å². The third kappa shape index (κ3) is 5.39. The van der Waals surface area contributed by atoms with Crippen LogP contribution in [0.3, 0.4) is 0 Å². The van der Waals surface area contributed by atoms with Gasteiger partial charge < -0.3 is 0 Å². The van der Waals surface area contributed by atoms with Gasteiger partial charge in [0.05, 0.1) is 0 Å². The van der Waals surface area contributed by atoms with E-state index in [1.54, 1.807) is 6.55 Å². The zero-order chi connectivity index (χ0) is 28.7. The first-order chi connectivity index (χ1) is 17.9. The van der Waals surface area contributed by atoms with E-state index in [1.807, 2.05) is 0 Å². The summed E-state index contributed by atoms with van der Waals surface area (Å²) in [6, 6.07) is 21.8. The second-order valence-corrected chi connectivity index (χ2v) is 29.1. The van der Waals surface area contributed by atoms with E-state index in [-0.39, 0.29) is 35.6 Å². The molecule has 41 heavy (non-hydrogen) atoms. The van der Waals surface area contributed by atoms with Crippen molar-refractivity contribution in [3.63, 3.8) is 0 Å². The van der Waals surface area contributed by atoms with Crippen molar-refractivity contribution in [2.45, 2.75) is 91.1 Å². The summed E-state index contributed by atoms with van der Waals surface area (Å²) in [6.07, 6.45) is 3.49. The van der Waals surface area contributed by atoms with Crippen LogP contribution in [-0.2, 0) is 35.5 Å². The number of halogens is 2. The molecule has 0 saturated carbocycles. The van der Waals surface area contributed by atoms with Crippen LogP contribution in [0.2, 0.25) is 4.63 Å². The summed E-state index contributed by atoms with van der Waals surface area (Å²) in [7, 11) is 0. The van der Waals surface area contributed by atoms with Gasteiger partial charge in [0, 0.05) is 0 Å². The van der Waals surface area contributed by atoms with E-state index in [9.17, 15) is 0 Å². The standard InChI is InChI=1S/C21H25.C8H11.C7H7.CH3.CH2.2ClH.Zr/c1-20(2,3)16-9-7-14-11-15-8-10-17(21(4,5)6)13-19(15)18(14)12-16;1-6-4-7(2)8(3)5-6;1-7-5-3-2-4-6-7;;;;;/h7,9-10,12-13H,11H2,1-6H3;4,6H,1-3H3;3-6H,1H3;1H3;1H2;2*1H;. The van der Waals surface area contributed by atoms with Crippen molar-refractivity contribution in [1.29, 1.82) is 0 Å². The summed E-state index contributed by atoms with van der Waals surface area (Å²) in [5.74, 6) is 0.407. The Hall–Kier alpha value is -1.53. The Bertz CT molecular complexity index is 1640. The minimum atomic E-state index is -4.32. The molecule has 0 saturated heterocycles. The number of aryl methyl sites for hydroxylation is 1. The second kappa shape index (κ2) is 10.9. The molecule has 0 amide bonds. The number of benzene rings is 3. The number of hydrogen-bond acceptors (Lipinski definition) is 0. The number of fused-ring (bicyclic) bond motifs is 3. The fourth-order valence-electron chi connectivity index (χ4n) is 7.50. The quantitative estimate of drug-likeness (QED) is 0.204.